The molecular formula is C13H23N3O2. The summed E-state index contributed by atoms with van der Waals surface area (Å²) in [5, 5.41) is 13.4. The van der Waals surface area contributed by atoms with Crippen molar-refractivity contribution in [2.24, 2.45) is 0 Å². The van der Waals surface area contributed by atoms with Crippen molar-refractivity contribution < 1.29 is 9.84 Å². The van der Waals surface area contributed by atoms with Gasteiger partial charge in [0.15, 0.2) is 0 Å². The molecule has 0 aromatic carbocycles. The molecule has 2 N–H and O–H groups in total. The molecule has 0 bridgehead atoms. The summed E-state index contributed by atoms with van der Waals surface area (Å²) in [6, 6.07) is 3.83. The van der Waals surface area contributed by atoms with E-state index in [1.807, 2.05) is 38.1 Å². The van der Waals surface area contributed by atoms with E-state index in [-0.39, 0.29) is 0 Å². The lowest BCUT2D eigenvalue weighted by molar-refractivity contribution is 0.0335. The maximum Gasteiger partial charge on any atom is 0.217 e. The highest BCUT2D eigenvalue weighted by Gasteiger charge is 2.20. The topological polar surface area (TPSA) is 57.6 Å². The normalized spacial score (nSPS) is 14.6. The Balaban J connectivity index is 2.46. The average Bonchev–Trinajstić information content (AvgIpc) is 2.27. The molecule has 0 spiro atoms. The Morgan fingerprint density at radius 1 is 1.50 bits per heavy atom. The summed E-state index contributed by atoms with van der Waals surface area (Å²) in [5.74, 6) is 0.622. The second-order valence-corrected chi connectivity index (χ2v) is 5.01. The summed E-state index contributed by atoms with van der Waals surface area (Å²) in [4.78, 5) is 6.09. The Hall–Kier alpha value is -1.17. The maximum atomic E-state index is 10.1. The third-order valence-electron chi connectivity index (χ3n) is 2.52. The number of nitrogens with one attached hydrogen (secondary N) is 1. The molecule has 0 saturated heterocycles. The molecule has 0 radical (unpaired) electrons. The highest BCUT2D eigenvalue weighted by atomic mass is 16.5. The molecule has 1 rings (SSSR count). The van der Waals surface area contributed by atoms with Crippen LogP contribution in [0.15, 0.2) is 18.3 Å². The summed E-state index contributed by atoms with van der Waals surface area (Å²) in [5.41, 5.74) is 0.236. The van der Waals surface area contributed by atoms with E-state index in [1.54, 1.807) is 13.3 Å². The fraction of sp³-hybridized carbons (Fsp3) is 0.615. The van der Waals surface area contributed by atoms with E-state index >= 15 is 0 Å². The number of nitrogens with zero attached hydrogens (tertiary/aromatic N) is 2. The van der Waals surface area contributed by atoms with Crippen molar-refractivity contribution in [3.63, 3.8) is 0 Å². The van der Waals surface area contributed by atoms with Crippen molar-refractivity contribution in [1.29, 1.82) is 0 Å². The lowest BCUT2D eigenvalue weighted by atomic mass is 10.1. The molecule has 0 fully saturated rings. The Kier molecular flexibility index (Phi) is 5.53. The van der Waals surface area contributed by atoms with Gasteiger partial charge >= 0.3 is 0 Å². The van der Waals surface area contributed by atoms with E-state index < -0.39 is 5.60 Å². The number of likely N-dealkylation sites (N-methyl/N-ethyl adjacent to an activating group) is 1. The summed E-state index contributed by atoms with van der Waals surface area (Å²) in [6.45, 7) is 3.58. The van der Waals surface area contributed by atoms with Gasteiger partial charge < -0.3 is 20.1 Å². The monoisotopic (exact) mass is 253 g/mol. The summed E-state index contributed by atoms with van der Waals surface area (Å²) in [6.07, 6.45) is 1.70. The third kappa shape index (κ3) is 5.00. The van der Waals surface area contributed by atoms with Crippen LogP contribution in [0.1, 0.15) is 12.5 Å². The molecule has 0 aliphatic rings. The fourth-order valence-corrected chi connectivity index (χ4v) is 1.95. The first-order valence-electron chi connectivity index (χ1n) is 6.00. The summed E-state index contributed by atoms with van der Waals surface area (Å²) >= 11 is 0. The van der Waals surface area contributed by atoms with Crippen molar-refractivity contribution >= 4 is 0 Å². The SMILES string of the molecule is COc1ncccc1CNCC(C)(O)CN(C)C. The van der Waals surface area contributed by atoms with E-state index in [9.17, 15) is 5.11 Å². The minimum atomic E-state index is -0.751. The van der Waals surface area contributed by atoms with Crippen LogP contribution in [-0.4, -0.2) is 54.9 Å². The predicted octanol–water partition coefficient (Wildman–Crippen LogP) is 0.492. The molecule has 1 aromatic rings. The summed E-state index contributed by atoms with van der Waals surface area (Å²) in [7, 11) is 5.49. The molecule has 1 unspecified atom stereocenters. The van der Waals surface area contributed by atoms with Crippen molar-refractivity contribution in [2.45, 2.75) is 19.1 Å². The number of hydrogen-bond acceptors (Lipinski definition) is 5. The number of rotatable bonds is 7. The number of hydrogen-bond donors (Lipinski definition) is 2. The van der Waals surface area contributed by atoms with Gasteiger partial charge in [-0.2, -0.15) is 0 Å². The van der Waals surface area contributed by atoms with Gasteiger partial charge in [-0.25, -0.2) is 4.98 Å². The van der Waals surface area contributed by atoms with Gasteiger partial charge in [-0.1, -0.05) is 6.07 Å². The molecular weight excluding hydrogens is 230 g/mol. The zero-order valence-electron chi connectivity index (χ0n) is 11.6. The zero-order chi connectivity index (χ0) is 13.6. The van der Waals surface area contributed by atoms with Crippen LogP contribution in [-0.2, 0) is 6.54 Å². The smallest absolute Gasteiger partial charge is 0.217 e. The predicted molar refractivity (Wildman–Crippen MR) is 71.7 cm³/mol. The van der Waals surface area contributed by atoms with Crippen LogP contribution >= 0.6 is 0 Å². The molecule has 0 aliphatic carbocycles. The van der Waals surface area contributed by atoms with Gasteiger partial charge in [-0.3, -0.25) is 0 Å². The molecule has 0 saturated carbocycles. The van der Waals surface area contributed by atoms with Gasteiger partial charge in [0.2, 0.25) is 5.88 Å². The quantitative estimate of drug-likeness (QED) is 0.741. The minimum absolute atomic E-state index is 0.517. The average molecular weight is 253 g/mol. The van der Waals surface area contributed by atoms with E-state index in [0.29, 0.717) is 25.5 Å². The second-order valence-electron chi connectivity index (χ2n) is 5.01. The zero-order valence-corrected chi connectivity index (χ0v) is 11.6. The first-order valence-corrected chi connectivity index (χ1v) is 6.00. The highest BCUT2D eigenvalue weighted by Crippen LogP contribution is 2.13. The summed E-state index contributed by atoms with van der Waals surface area (Å²) < 4.78 is 5.17. The Bertz CT molecular complexity index is 367. The van der Waals surface area contributed by atoms with Crippen molar-refractivity contribution in [3.8, 4) is 5.88 Å². The molecule has 1 aromatic heterocycles. The molecule has 0 amide bonds. The van der Waals surface area contributed by atoms with E-state index in [1.165, 1.54) is 0 Å². The first kappa shape index (κ1) is 14.9. The van der Waals surface area contributed by atoms with Gasteiger partial charge in [0.05, 0.1) is 12.7 Å². The molecule has 0 aliphatic heterocycles. The first-order chi connectivity index (χ1) is 8.44. The molecule has 102 valence electrons. The molecule has 5 nitrogen and oxygen atoms in total. The Morgan fingerprint density at radius 2 is 2.22 bits per heavy atom. The molecule has 18 heavy (non-hydrogen) atoms. The lowest BCUT2D eigenvalue weighted by Crippen LogP contribution is -2.45. The fourth-order valence-electron chi connectivity index (χ4n) is 1.95. The largest absolute Gasteiger partial charge is 0.481 e. The van der Waals surface area contributed by atoms with Crippen LogP contribution in [0.2, 0.25) is 0 Å². The van der Waals surface area contributed by atoms with Gasteiger partial charge in [-0.15, -0.1) is 0 Å². The minimum Gasteiger partial charge on any atom is -0.481 e. The van der Waals surface area contributed by atoms with Gasteiger partial charge in [0.25, 0.3) is 0 Å². The van der Waals surface area contributed by atoms with Crippen molar-refractivity contribution in [1.82, 2.24) is 15.2 Å². The highest BCUT2D eigenvalue weighted by molar-refractivity contribution is 5.24. The molecule has 5 heteroatoms. The standard InChI is InChI=1S/C13H23N3O2/c1-13(17,10-16(2)3)9-14-8-11-6-5-7-15-12(11)18-4/h5-7,14,17H,8-10H2,1-4H3. The van der Waals surface area contributed by atoms with Crippen LogP contribution in [0.3, 0.4) is 0 Å². The van der Waals surface area contributed by atoms with Gasteiger partial charge in [0, 0.05) is 31.4 Å². The van der Waals surface area contributed by atoms with E-state index in [4.69, 9.17) is 4.74 Å². The maximum absolute atomic E-state index is 10.1. The molecule has 1 atom stereocenters. The number of methoxy groups -OCH3 is 1. The lowest BCUT2D eigenvalue weighted by Gasteiger charge is -2.27. The van der Waals surface area contributed by atoms with Crippen LogP contribution in [0.5, 0.6) is 5.88 Å². The molecule has 1 heterocycles. The van der Waals surface area contributed by atoms with E-state index in [2.05, 4.69) is 10.3 Å². The van der Waals surface area contributed by atoms with Crippen LogP contribution < -0.4 is 10.1 Å². The van der Waals surface area contributed by atoms with Gasteiger partial charge in [-0.05, 0) is 27.1 Å². The number of pyridine rings is 1. The van der Waals surface area contributed by atoms with Crippen LogP contribution in [0.25, 0.3) is 0 Å². The van der Waals surface area contributed by atoms with Gasteiger partial charge in [0.1, 0.15) is 0 Å². The van der Waals surface area contributed by atoms with Crippen molar-refractivity contribution in [3.05, 3.63) is 23.9 Å². The number of ether oxygens (including phenoxy) is 1. The van der Waals surface area contributed by atoms with Crippen molar-refractivity contribution in [2.75, 3.05) is 34.3 Å². The third-order valence-corrected chi connectivity index (χ3v) is 2.52. The Labute approximate surface area is 109 Å². The van der Waals surface area contributed by atoms with Crippen LogP contribution in [0, 0.1) is 0 Å². The number of aromatic nitrogens is 1. The number of aliphatic hydroxyl groups is 1. The van der Waals surface area contributed by atoms with E-state index in [0.717, 1.165) is 5.56 Å². The second kappa shape index (κ2) is 6.68. The Morgan fingerprint density at radius 3 is 2.83 bits per heavy atom. The van der Waals surface area contributed by atoms with Crippen LogP contribution in [0.4, 0.5) is 0 Å².